The van der Waals surface area contributed by atoms with Crippen molar-refractivity contribution in [1.82, 2.24) is 0 Å². The lowest BCUT2D eigenvalue weighted by atomic mass is 9.62. The molecule has 5 aliphatic rings. The van der Waals surface area contributed by atoms with Gasteiger partial charge >= 0.3 is 0 Å². The maximum Gasteiger partial charge on any atom is 0.187 e. The van der Waals surface area contributed by atoms with Crippen LogP contribution in [-0.4, -0.2) is 87.3 Å². The first-order chi connectivity index (χ1) is 16.9. The molecule has 0 aromatic heterocycles. The van der Waals surface area contributed by atoms with E-state index < -0.39 is 48.3 Å². The van der Waals surface area contributed by atoms with E-state index in [0.717, 1.165) is 37.7 Å². The highest BCUT2D eigenvalue weighted by atomic mass is 16.7. The summed E-state index contributed by atoms with van der Waals surface area (Å²) in [5, 5.41) is 51.8. The molecule has 11 atom stereocenters. The summed E-state index contributed by atoms with van der Waals surface area (Å²) in [6, 6.07) is 0. The van der Waals surface area contributed by atoms with Gasteiger partial charge in [0.15, 0.2) is 6.29 Å². The third-order valence-corrected chi connectivity index (χ3v) is 10.2. The minimum Gasteiger partial charge on any atom is -0.394 e. The second-order valence-electron chi connectivity index (χ2n) is 12.7. The molecule has 0 radical (unpaired) electrons. The Morgan fingerprint density at radius 2 is 1.78 bits per heavy atom. The molecule has 204 valence electrons. The van der Waals surface area contributed by atoms with Gasteiger partial charge in [0.2, 0.25) is 0 Å². The van der Waals surface area contributed by atoms with Gasteiger partial charge in [-0.1, -0.05) is 20.4 Å². The van der Waals surface area contributed by atoms with Crippen molar-refractivity contribution in [3.8, 4) is 0 Å². The van der Waals surface area contributed by atoms with Gasteiger partial charge in [-0.15, -0.1) is 0 Å². The van der Waals surface area contributed by atoms with Crippen LogP contribution in [0.3, 0.4) is 0 Å². The van der Waals surface area contributed by atoms with E-state index in [0.29, 0.717) is 18.9 Å². The van der Waals surface area contributed by atoms with Gasteiger partial charge in [0.1, 0.15) is 24.4 Å². The lowest BCUT2D eigenvalue weighted by Gasteiger charge is -2.45. The predicted molar refractivity (Wildman–Crippen MR) is 132 cm³/mol. The van der Waals surface area contributed by atoms with E-state index in [2.05, 4.69) is 20.4 Å². The Balaban J connectivity index is 1.45. The van der Waals surface area contributed by atoms with Crippen LogP contribution in [0.5, 0.6) is 0 Å². The van der Waals surface area contributed by atoms with Crippen LogP contribution in [0.1, 0.15) is 66.2 Å². The lowest BCUT2D eigenvalue weighted by molar-refractivity contribution is -0.316. The molecule has 2 saturated carbocycles. The van der Waals surface area contributed by atoms with Gasteiger partial charge in [-0.2, -0.15) is 0 Å². The van der Waals surface area contributed by atoms with E-state index in [1.807, 2.05) is 13.8 Å². The van der Waals surface area contributed by atoms with Gasteiger partial charge < -0.3 is 39.7 Å². The van der Waals surface area contributed by atoms with Crippen LogP contribution in [0, 0.1) is 22.7 Å². The highest BCUT2D eigenvalue weighted by molar-refractivity contribution is 5.48. The summed E-state index contributed by atoms with van der Waals surface area (Å²) in [5.74, 6) is 0.590. The molecular weight excluding hydrogens is 464 g/mol. The van der Waals surface area contributed by atoms with Crippen molar-refractivity contribution in [1.29, 1.82) is 0 Å². The quantitative estimate of drug-likeness (QED) is 0.380. The van der Waals surface area contributed by atoms with Gasteiger partial charge in [0, 0.05) is 12.0 Å². The lowest BCUT2D eigenvalue weighted by Crippen LogP contribution is -2.60. The number of fused-ring (bicyclic) bond motifs is 1. The van der Waals surface area contributed by atoms with E-state index in [1.54, 1.807) is 0 Å². The van der Waals surface area contributed by atoms with Crippen molar-refractivity contribution in [2.24, 2.45) is 22.7 Å². The van der Waals surface area contributed by atoms with Crippen molar-refractivity contribution < 1.29 is 39.7 Å². The predicted octanol–water partition coefficient (Wildman–Crippen LogP) is 1.82. The molecule has 36 heavy (non-hydrogen) atoms. The number of hydrogen-bond acceptors (Lipinski definition) is 8. The Hall–Kier alpha value is -0.840. The van der Waals surface area contributed by atoms with E-state index in [4.69, 9.17) is 14.2 Å². The number of rotatable bonds is 5. The van der Waals surface area contributed by atoms with Gasteiger partial charge in [0.25, 0.3) is 0 Å². The summed E-state index contributed by atoms with van der Waals surface area (Å²) in [6.07, 6.45) is -1.86. The minimum absolute atomic E-state index is 0.0304. The molecule has 0 amide bonds. The summed E-state index contributed by atoms with van der Waals surface area (Å²) >= 11 is 0. The highest BCUT2D eigenvalue weighted by Gasteiger charge is 2.62. The van der Waals surface area contributed by atoms with Gasteiger partial charge in [-0.05, 0) is 86.3 Å². The molecular formula is C28H44O8. The first-order valence-electron chi connectivity index (χ1n) is 13.6. The van der Waals surface area contributed by atoms with Crippen molar-refractivity contribution >= 4 is 0 Å². The average molecular weight is 509 g/mol. The Labute approximate surface area is 213 Å². The number of aliphatic hydroxyl groups excluding tert-OH is 4. The fourth-order valence-corrected chi connectivity index (χ4v) is 8.45. The SMILES string of the molecule is C=C1C2=C(C(OCC)CC34CC(CCC13)C(C)(O)C4)C(C)(C)C(OC1OC(CO)C(O)C(O)C1O)C2. The molecule has 8 nitrogen and oxygen atoms in total. The molecule has 11 unspecified atom stereocenters. The van der Waals surface area contributed by atoms with Gasteiger partial charge in [-0.25, -0.2) is 0 Å². The van der Waals surface area contributed by atoms with Crippen LogP contribution in [0.4, 0.5) is 0 Å². The second kappa shape index (κ2) is 9.12. The Morgan fingerprint density at radius 3 is 2.44 bits per heavy atom. The van der Waals surface area contributed by atoms with E-state index in [1.165, 1.54) is 11.1 Å². The number of aliphatic hydroxyl groups is 5. The summed E-state index contributed by atoms with van der Waals surface area (Å²) in [4.78, 5) is 0. The molecule has 1 heterocycles. The number of hydrogen-bond donors (Lipinski definition) is 5. The highest BCUT2D eigenvalue weighted by Crippen LogP contribution is 2.67. The third kappa shape index (κ3) is 3.95. The first-order valence-corrected chi connectivity index (χ1v) is 13.6. The van der Waals surface area contributed by atoms with Crippen LogP contribution in [0.15, 0.2) is 23.3 Å². The van der Waals surface area contributed by atoms with Crippen LogP contribution in [0.2, 0.25) is 0 Å². The average Bonchev–Trinajstić information content (AvgIpc) is 3.14. The standard InChI is InChI=1S/C28H44O8/c1-6-34-18-11-28-10-15(27(5,33)13-28)7-8-17(28)14(2)16-9-20(26(3,4)21(16)18)36-25-24(32)23(31)22(30)19(12-29)35-25/h15,17-20,22-25,29-33H,2,6-13H2,1,3-5H3. The zero-order chi connectivity index (χ0) is 26.2. The molecule has 8 heteroatoms. The maximum atomic E-state index is 11.2. The summed E-state index contributed by atoms with van der Waals surface area (Å²) in [7, 11) is 0. The zero-order valence-electron chi connectivity index (χ0n) is 22.0. The van der Waals surface area contributed by atoms with Crippen LogP contribution < -0.4 is 0 Å². The molecule has 3 fully saturated rings. The monoisotopic (exact) mass is 508 g/mol. The number of ether oxygens (including phenoxy) is 3. The van der Waals surface area contributed by atoms with Crippen molar-refractivity contribution in [3.05, 3.63) is 23.3 Å². The Kier molecular flexibility index (Phi) is 6.78. The summed E-state index contributed by atoms with van der Waals surface area (Å²) in [6.45, 7) is 12.9. The zero-order valence-corrected chi connectivity index (χ0v) is 22.0. The number of allylic oxidation sites excluding steroid dienone is 1. The molecule has 1 saturated heterocycles. The normalized spacial score (nSPS) is 50.1. The fraction of sp³-hybridized carbons (Fsp3) is 0.857. The molecule has 4 aliphatic carbocycles. The molecule has 5 rings (SSSR count). The molecule has 1 aliphatic heterocycles. The first kappa shape index (κ1) is 26.8. The largest absolute Gasteiger partial charge is 0.394 e. The van der Waals surface area contributed by atoms with Crippen LogP contribution in [0.25, 0.3) is 0 Å². The van der Waals surface area contributed by atoms with Crippen molar-refractivity contribution in [2.75, 3.05) is 13.2 Å². The van der Waals surface area contributed by atoms with Crippen LogP contribution >= 0.6 is 0 Å². The topological polar surface area (TPSA) is 129 Å². The van der Waals surface area contributed by atoms with E-state index in [9.17, 15) is 25.5 Å². The van der Waals surface area contributed by atoms with E-state index in [-0.39, 0.29) is 23.5 Å². The summed E-state index contributed by atoms with van der Waals surface area (Å²) in [5.41, 5.74) is 2.30. The molecule has 1 spiro atoms. The molecule has 0 aromatic rings. The fourth-order valence-electron chi connectivity index (χ4n) is 8.45. The summed E-state index contributed by atoms with van der Waals surface area (Å²) < 4.78 is 18.4. The second-order valence-corrected chi connectivity index (χ2v) is 12.7. The Bertz CT molecular complexity index is 909. The van der Waals surface area contributed by atoms with E-state index >= 15 is 0 Å². The smallest absolute Gasteiger partial charge is 0.187 e. The third-order valence-electron chi connectivity index (χ3n) is 10.2. The van der Waals surface area contributed by atoms with Gasteiger partial charge in [0.05, 0.1) is 24.4 Å². The Morgan fingerprint density at radius 1 is 1.06 bits per heavy atom. The minimum atomic E-state index is -1.48. The molecule has 2 bridgehead atoms. The maximum absolute atomic E-state index is 11.2. The van der Waals surface area contributed by atoms with Crippen molar-refractivity contribution in [2.45, 2.75) is 115 Å². The van der Waals surface area contributed by atoms with Crippen molar-refractivity contribution in [3.63, 3.8) is 0 Å². The van der Waals surface area contributed by atoms with Gasteiger partial charge in [-0.3, -0.25) is 0 Å². The molecule has 5 N–H and O–H groups in total. The van der Waals surface area contributed by atoms with Crippen LogP contribution in [-0.2, 0) is 14.2 Å². The molecule has 0 aromatic carbocycles.